The average Bonchev–Trinajstić information content (AvgIpc) is 3.55. The molecule has 4 nitrogen and oxygen atoms in total. The van der Waals surface area contributed by atoms with Gasteiger partial charge in [-0.15, -0.1) is 22.7 Å². The summed E-state index contributed by atoms with van der Waals surface area (Å²) < 4.78 is 0. The van der Waals surface area contributed by atoms with Crippen molar-refractivity contribution in [2.45, 2.75) is 12.8 Å². The van der Waals surface area contributed by atoms with Crippen LogP contribution in [0.15, 0.2) is 82.5 Å². The summed E-state index contributed by atoms with van der Waals surface area (Å²) in [4.78, 5) is 30.9. The Morgan fingerprint density at radius 3 is 2.35 bits per heavy atom. The van der Waals surface area contributed by atoms with Gasteiger partial charge in [0.1, 0.15) is 0 Å². The fourth-order valence-corrected chi connectivity index (χ4v) is 4.84. The van der Waals surface area contributed by atoms with Crippen LogP contribution in [-0.4, -0.2) is 17.4 Å². The number of fused-ring (bicyclic) bond motifs is 1. The van der Waals surface area contributed by atoms with Crippen LogP contribution in [0.2, 0.25) is 0 Å². The molecule has 1 aliphatic rings. The van der Waals surface area contributed by atoms with Crippen LogP contribution in [0.5, 0.6) is 0 Å². The molecule has 31 heavy (non-hydrogen) atoms. The number of hydrogen-bond donors (Lipinski definition) is 1. The van der Waals surface area contributed by atoms with Gasteiger partial charge >= 0.3 is 0 Å². The highest BCUT2D eigenvalue weighted by atomic mass is 32.1. The van der Waals surface area contributed by atoms with E-state index in [4.69, 9.17) is 4.99 Å². The van der Waals surface area contributed by atoms with Crippen LogP contribution in [0.1, 0.15) is 36.0 Å². The highest BCUT2D eigenvalue weighted by Crippen LogP contribution is 2.31. The van der Waals surface area contributed by atoms with Crippen molar-refractivity contribution >= 4 is 51.5 Å². The van der Waals surface area contributed by atoms with E-state index in [1.54, 1.807) is 6.07 Å². The lowest BCUT2D eigenvalue weighted by Gasteiger charge is -2.05. The van der Waals surface area contributed by atoms with Crippen LogP contribution < -0.4 is 5.32 Å². The molecule has 2 aromatic carbocycles. The maximum Gasteiger partial charge on any atom is 0.265 e. The van der Waals surface area contributed by atoms with E-state index in [-0.39, 0.29) is 11.7 Å². The molecule has 1 aliphatic heterocycles. The fourth-order valence-electron chi connectivity index (χ4n) is 3.56. The van der Waals surface area contributed by atoms with Gasteiger partial charge in [0.05, 0.1) is 21.2 Å². The van der Waals surface area contributed by atoms with E-state index in [1.807, 2.05) is 65.4 Å². The van der Waals surface area contributed by atoms with Gasteiger partial charge in [0, 0.05) is 18.5 Å². The third-order valence-corrected chi connectivity index (χ3v) is 6.92. The highest BCUT2D eigenvalue weighted by molar-refractivity contribution is 7.12. The molecule has 0 atom stereocenters. The van der Waals surface area contributed by atoms with Crippen molar-refractivity contribution in [1.82, 2.24) is 0 Å². The summed E-state index contributed by atoms with van der Waals surface area (Å²) >= 11 is 2.89. The van der Waals surface area contributed by atoms with Crippen LogP contribution in [0.25, 0.3) is 0 Å². The van der Waals surface area contributed by atoms with Crippen molar-refractivity contribution in [2.75, 3.05) is 5.32 Å². The van der Waals surface area contributed by atoms with Gasteiger partial charge in [-0.3, -0.25) is 14.6 Å². The largest absolute Gasteiger partial charge is 0.321 e. The van der Waals surface area contributed by atoms with Crippen LogP contribution in [0.4, 0.5) is 11.4 Å². The summed E-state index contributed by atoms with van der Waals surface area (Å²) in [7, 11) is 0. The summed E-state index contributed by atoms with van der Waals surface area (Å²) in [6.07, 6.45) is 1.15. The molecule has 6 heteroatoms. The minimum atomic E-state index is -0.0991. The Kier molecular flexibility index (Phi) is 5.32. The molecular formula is C25H18N2O2S2. The number of carbonyl (C=O) groups is 2. The van der Waals surface area contributed by atoms with Crippen molar-refractivity contribution < 1.29 is 9.59 Å². The van der Waals surface area contributed by atoms with Gasteiger partial charge in [-0.25, -0.2) is 0 Å². The zero-order valence-electron chi connectivity index (χ0n) is 16.5. The zero-order valence-corrected chi connectivity index (χ0v) is 18.1. The minimum absolute atomic E-state index is 0.0991. The minimum Gasteiger partial charge on any atom is -0.321 e. The standard InChI is InChI=1S/C25H18N2O2S2/c28-22(23-3-1-11-30-23)14-16-5-6-18-15-21(27-20(18)13-16)17-7-9-19(10-8-17)26-25(29)24-4-2-12-31-24/h1-13H,14-15H2,(H,26,29). The smallest absolute Gasteiger partial charge is 0.265 e. The molecule has 5 rings (SSSR count). The molecule has 0 spiro atoms. The molecule has 0 saturated carbocycles. The van der Waals surface area contributed by atoms with Crippen LogP contribution in [0, 0.1) is 0 Å². The van der Waals surface area contributed by atoms with E-state index < -0.39 is 0 Å². The lowest BCUT2D eigenvalue weighted by molar-refractivity contribution is 0.0994. The maximum absolute atomic E-state index is 12.4. The molecule has 1 amide bonds. The van der Waals surface area contributed by atoms with Crippen molar-refractivity contribution in [3.05, 3.63) is 104 Å². The molecule has 0 saturated heterocycles. The zero-order chi connectivity index (χ0) is 21.2. The third-order valence-electron chi connectivity index (χ3n) is 5.14. The van der Waals surface area contributed by atoms with Gasteiger partial charge in [0.15, 0.2) is 5.78 Å². The third kappa shape index (κ3) is 4.26. The Balaban J connectivity index is 1.29. The van der Waals surface area contributed by atoms with Crippen molar-refractivity contribution in [2.24, 2.45) is 4.99 Å². The van der Waals surface area contributed by atoms with Crippen LogP contribution in [-0.2, 0) is 12.8 Å². The Morgan fingerprint density at radius 1 is 0.903 bits per heavy atom. The topological polar surface area (TPSA) is 58.5 Å². The SMILES string of the molecule is O=C(Cc1ccc2c(c1)N=C(c1ccc(NC(=O)c3cccs3)cc1)C2)c1cccs1. The number of carbonyl (C=O) groups excluding carboxylic acids is 2. The number of nitrogens with one attached hydrogen (secondary N) is 1. The predicted molar refractivity (Wildman–Crippen MR) is 127 cm³/mol. The lowest BCUT2D eigenvalue weighted by Crippen LogP contribution is -2.10. The predicted octanol–water partition coefficient (Wildman–Crippen LogP) is 6.16. The Hall–Kier alpha value is -3.35. The maximum atomic E-state index is 12.4. The molecule has 152 valence electrons. The molecule has 3 heterocycles. The Bertz CT molecular complexity index is 1270. The summed E-state index contributed by atoms with van der Waals surface area (Å²) in [6, 6.07) is 21.3. The molecule has 0 fully saturated rings. The number of anilines is 1. The molecule has 0 radical (unpaired) electrons. The lowest BCUT2D eigenvalue weighted by atomic mass is 10.0. The average molecular weight is 443 g/mol. The molecular weight excluding hydrogens is 424 g/mol. The highest BCUT2D eigenvalue weighted by Gasteiger charge is 2.18. The van der Waals surface area contributed by atoms with Gasteiger partial charge in [0.25, 0.3) is 5.91 Å². The van der Waals surface area contributed by atoms with Gasteiger partial charge in [-0.1, -0.05) is 36.4 Å². The molecule has 0 unspecified atom stereocenters. The van der Waals surface area contributed by atoms with Gasteiger partial charge in [0.2, 0.25) is 0 Å². The number of nitrogens with zero attached hydrogens (tertiary/aromatic N) is 1. The number of rotatable bonds is 6. The number of hydrogen-bond acceptors (Lipinski definition) is 5. The summed E-state index contributed by atoms with van der Waals surface area (Å²) in [5.41, 5.74) is 5.86. The van der Waals surface area contributed by atoms with Gasteiger partial charge < -0.3 is 5.32 Å². The number of aliphatic imine (C=N–C) groups is 1. The van der Waals surface area contributed by atoms with Gasteiger partial charge in [-0.2, -0.15) is 0 Å². The first-order valence-electron chi connectivity index (χ1n) is 9.87. The number of thiophene rings is 2. The van der Waals surface area contributed by atoms with E-state index in [9.17, 15) is 9.59 Å². The van der Waals surface area contributed by atoms with Crippen LogP contribution >= 0.6 is 22.7 Å². The molecule has 1 N–H and O–H groups in total. The van der Waals surface area contributed by atoms with E-state index in [0.717, 1.165) is 45.1 Å². The number of Topliss-reactive ketones (excluding diaryl/α,β-unsaturated/α-hetero) is 1. The fraction of sp³-hybridized carbons (Fsp3) is 0.0800. The van der Waals surface area contributed by atoms with Crippen molar-refractivity contribution in [1.29, 1.82) is 0 Å². The van der Waals surface area contributed by atoms with E-state index in [1.165, 1.54) is 22.7 Å². The first-order valence-corrected chi connectivity index (χ1v) is 11.6. The van der Waals surface area contributed by atoms with Crippen molar-refractivity contribution in [3.8, 4) is 0 Å². The van der Waals surface area contributed by atoms with Crippen molar-refractivity contribution in [3.63, 3.8) is 0 Å². The summed E-state index contributed by atoms with van der Waals surface area (Å²) in [6.45, 7) is 0. The Morgan fingerprint density at radius 2 is 1.65 bits per heavy atom. The number of amides is 1. The van der Waals surface area contributed by atoms with E-state index in [2.05, 4.69) is 11.4 Å². The number of ketones is 1. The Labute approximate surface area is 187 Å². The van der Waals surface area contributed by atoms with Crippen LogP contribution in [0.3, 0.4) is 0 Å². The quantitative estimate of drug-likeness (QED) is 0.363. The summed E-state index contributed by atoms with van der Waals surface area (Å²) in [5, 5.41) is 6.73. The van der Waals surface area contributed by atoms with E-state index >= 15 is 0 Å². The number of benzene rings is 2. The van der Waals surface area contributed by atoms with Gasteiger partial charge in [-0.05, 0) is 57.8 Å². The monoisotopic (exact) mass is 442 g/mol. The summed E-state index contributed by atoms with van der Waals surface area (Å²) in [5.74, 6) is 0.0373. The van der Waals surface area contributed by atoms with E-state index in [0.29, 0.717) is 11.3 Å². The second-order valence-electron chi connectivity index (χ2n) is 7.28. The molecule has 0 bridgehead atoms. The first kappa shape index (κ1) is 19.6. The molecule has 2 aromatic heterocycles. The second-order valence-corrected chi connectivity index (χ2v) is 9.18. The molecule has 0 aliphatic carbocycles. The second kappa shape index (κ2) is 8.41. The molecule has 4 aromatic rings. The normalized spacial score (nSPS) is 12.3. The first-order chi connectivity index (χ1) is 15.2.